The lowest BCUT2D eigenvalue weighted by Crippen LogP contribution is -2.04. The number of hydrogen-bond acceptors (Lipinski definition) is 2. The van der Waals surface area contributed by atoms with Gasteiger partial charge >= 0.3 is 0 Å². The first-order valence-corrected chi connectivity index (χ1v) is 6.62. The van der Waals surface area contributed by atoms with Crippen molar-refractivity contribution in [3.8, 4) is 5.75 Å². The maximum atomic E-state index is 9.68. The molecule has 2 aromatic rings. The molecule has 0 aliphatic carbocycles. The van der Waals surface area contributed by atoms with Crippen LogP contribution in [0.3, 0.4) is 0 Å². The highest BCUT2D eigenvalue weighted by atomic mass is 16.5. The molecular weight excluding hydrogens is 236 g/mol. The van der Waals surface area contributed by atoms with Crippen LogP contribution in [0.4, 0.5) is 0 Å². The fraction of sp³-hybridized carbons (Fsp3) is 0.294. The maximum absolute atomic E-state index is 9.68. The molecule has 19 heavy (non-hydrogen) atoms. The quantitative estimate of drug-likeness (QED) is 0.884. The van der Waals surface area contributed by atoms with Gasteiger partial charge in [-0.05, 0) is 25.5 Å². The summed E-state index contributed by atoms with van der Waals surface area (Å²) in [4.78, 5) is 0. The first-order valence-electron chi connectivity index (χ1n) is 6.62. The predicted octanol–water partition coefficient (Wildman–Crippen LogP) is 3.67. The van der Waals surface area contributed by atoms with Gasteiger partial charge in [0.05, 0.1) is 12.7 Å². The van der Waals surface area contributed by atoms with E-state index in [1.165, 1.54) is 11.1 Å². The van der Waals surface area contributed by atoms with E-state index in [1.54, 1.807) is 6.92 Å². The first-order chi connectivity index (χ1) is 9.16. The standard InChI is InChI=1S/C17H20O2/c1-13-6-5-7-15(12-13)10-11-19-17-9-4-3-8-16(17)14(2)18/h3-9,12,14,18H,10-11H2,1-2H3. The molecule has 0 spiro atoms. The van der Waals surface area contributed by atoms with Crippen LogP contribution in [-0.2, 0) is 6.42 Å². The van der Waals surface area contributed by atoms with E-state index >= 15 is 0 Å². The minimum atomic E-state index is -0.504. The molecule has 0 saturated carbocycles. The number of aryl methyl sites for hydroxylation is 1. The van der Waals surface area contributed by atoms with Crippen molar-refractivity contribution in [3.63, 3.8) is 0 Å². The Morgan fingerprint density at radius 2 is 1.89 bits per heavy atom. The van der Waals surface area contributed by atoms with E-state index < -0.39 is 6.10 Å². The van der Waals surface area contributed by atoms with Gasteiger partial charge in [0.2, 0.25) is 0 Å². The molecule has 0 saturated heterocycles. The summed E-state index contributed by atoms with van der Waals surface area (Å²) in [5.74, 6) is 0.769. The highest BCUT2D eigenvalue weighted by molar-refractivity contribution is 5.34. The monoisotopic (exact) mass is 256 g/mol. The summed E-state index contributed by atoms with van der Waals surface area (Å²) in [7, 11) is 0. The SMILES string of the molecule is Cc1cccc(CCOc2ccccc2C(C)O)c1. The zero-order chi connectivity index (χ0) is 13.7. The maximum Gasteiger partial charge on any atom is 0.125 e. The van der Waals surface area contributed by atoms with Crippen molar-refractivity contribution in [1.82, 2.24) is 0 Å². The molecule has 0 aliphatic rings. The van der Waals surface area contributed by atoms with Crippen LogP contribution >= 0.6 is 0 Å². The third kappa shape index (κ3) is 3.83. The highest BCUT2D eigenvalue weighted by Gasteiger charge is 2.07. The number of rotatable bonds is 5. The van der Waals surface area contributed by atoms with Crippen LogP contribution in [-0.4, -0.2) is 11.7 Å². The van der Waals surface area contributed by atoms with E-state index in [9.17, 15) is 5.11 Å². The molecule has 0 fully saturated rings. The highest BCUT2D eigenvalue weighted by Crippen LogP contribution is 2.24. The second-order valence-electron chi connectivity index (χ2n) is 4.80. The third-order valence-electron chi connectivity index (χ3n) is 3.10. The lowest BCUT2D eigenvalue weighted by Gasteiger charge is -2.13. The minimum Gasteiger partial charge on any atom is -0.493 e. The van der Waals surface area contributed by atoms with Crippen LogP contribution in [0.5, 0.6) is 5.75 Å². The molecule has 0 aromatic heterocycles. The van der Waals surface area contributed by atoms with Gasteiger partial charge < -0.3 is 9.84 Å². The zero-order valence-electron chi connectivity index (χ0n) is 11.5. The summed E-state index contributed by atoms with van der Waals surface area (Å²) in [6.45, 7) is 4.46. The Kier molecular flexibility index (Phi) is 4.58. The first kappa shape index (κ1) is 13.6. The van der Waals surface area contributed by atoms with Crippen molar-refractivity contribution in [3.05, 3.63) is 65.2 Å². The van der Waals surface area contributed by atoms with Gasteiger partial charge in [0.25, 0.3) is 0 Å². The van der Waals surface area contributed by atoms with E-state index in [-0.39, 0.29) is 0 Å². The van der Waals surface area contributed by atoms with Gasteiger partial charge in [-0.25, -0.2) is 0 Å². The Labute approximate surface area is 114 Å². The van der Waals surface area contributed by atoms with Crippen molar-refractivity contribution in [1.29, 1.82) is 0 Å². The van der Waals surface area contributed by atoms with Gasteiger partial charge in [0.15, 0.2) is 0 Å². The average Bonchev–Trinajstić information content (AvgIpc) is 2.39. The van der Waals surface area contributed by atoms with Crippen molar-refractivity contribution >= 4 is 0 Å². The number of ether oxygens (including phenoxy) is 1. The topological polar surface area (TPSA) is 29.5 Å². The summed E-state index contributed by atoms with van der Waals surface area (Å²) in [6, 6.07) is 16.1. The van der Waals surface area contributed by atoms with Crippen LogP contribution in [0.15, 0.2) is 48.5 Å². The molecule has 2 aromatic carbocycles. The number of hydrogen-bond donors (Lipinski definition) is 1. The van der Waals surface area contributed by atoms with Gasteiger partial charge in [-0.3, -0.25) is 0 Å². The summed E-state index contributed by atoms with van der Waals surface area (Å²) in [5, 5.41) is 9.68. The summed E-state index contributed by atoms with van der Waals surface area (Å²) in [5.41, 5.74) is 3.38. The van der Waals surface area contributed by atoms with Crippen LogP contribution in [0, 0.1) is 6.92 Å². The largest absolute Gasteiger partial charge is 0.493 e. The van der Waals surface area contributed by atoms with E-state index in [0.717, 1.165) is 17.7 Å². The van der Waals surface area contributed by atoms with Gasteiger partial charge in [0.1, 0.15) is 5.75 Å². The van der Waals surface area contributed by atoms with Crippen LogP contribution in [0.2, 0.25) is 0 Å². The molecule has 0 heterocycles. The fourth-order valence-corrected chi connectivity index (χ4v) is 2.10. The summed E-state index contributed by atoms with van der Waals surface area (Å²) in [6.07, 6.45) is 0.366. The molecule has 0 aliphatic heterocycles. The van der Waals surface area contributed by atoms with Crippen molar-refractivity contribution in [2.75, 3.05) is 6.61 Å². The van der Waals surface area contributed by atoms with E-state index in [0.29, 0.717) is 6.61 Å². The van der Waals surface area contributed by atoms with E-state index in [1.807, 2.05) is 24.3 Å². The number of benzene rings is 2. The second kappa shape index (κ2) is 6.39. The van der Waals surface area contributed by atoms with E-state index in [4.69, 9.17) is 4.74 Å². The summed E-state index contributed by atoms with van der Waals surface area (Å²) < 4.78 is 5.78. The third-order valence-corrected chi connectivity index (χ3v) is 3.10. The molecular formula is C17H20O2. The minimum absolute atomic E-state index is 0.504. The van der Waals surface area contributed by atoms with Crippen LogP contribution in [0.25, 0.3) is 0 Å². The molecule has 1 N–H and O–H groups in total. The molecule has 1 unspecified atom stereocenters. The Balaban J connectivity index is 1.96. The second-order valence-corrected chi connectivity index (χ2v) is 4.80. The molecule has 0 amide bonds. The molecule has 2 rings (SSSR count). The van der Waals surface area contributed by atoms with Gasteiger partial charge in [0, 0.05) is 12.0 Å². The Morgan fingerprint density at radius 1 is 1.11 bits per heavy atom. The normalized spacial score (nSPS) is 12.2. The molecule has 1 atom stereocenters. The smallest absolute Gasteiger partial charge is 0.125 e. The fourth-order valence-electron chi connectivity index (χ4n) is 2.10. The Morgan fingerprint density at radius 3 is 2.63 bits per heavy atom. The number of aliphatic hydroxyl groups excluding tert-OH is 1. The average molecular weight is 256 g/mol. The molecule has 100 valence electrons. The molecule has 2 heteroatoms. The molecule has 2 nitrogen and oxygen atoms in total. The molecule has 0 bridgehead atoms. The van der Waals surface area contributed by atoms with Crippen molar-refractivity contribution in [2.24, 2.45) is 0 Å². The molecule has 0 radical (unpaired) electrons. The zero-order valence-corrected chi connectivity index (χ0v) is 11.5. The number of aliphatic hydroxyl groups is 1. The lowest BCUT2D eigenvalue weighted by molar-refractivity contribution is 0.191. The Hall–Kier alpha value is -1.80. The van der Waals surface area contributed by atoms with Crippen molar-refractivity contribution in [2.45, 2.75) is 26.4 Å². The van der Waals surface area contributed by atoms with Gasteiger partial charge in [-0.1, -0.05) is 48.0 Å². The lowest BCUT2D eigenvalue weighted by atomic mass is 10.1. The predicted molar refractivity (Wildman–Crippen MR) is 77.5 cm³/mol. The van der Waals surface area contributed by atoms with Gasteiger partial charge in [-0.15, -0.1) is 0 Å². The summed E-state index contributed by atoms with van der Waals surface area (Å²) >= 11 is 0. The van der Waals surface area contributed by atoms with Crippen LogP contribution < -0.4 is 4.74 Å². The van der Waals surface area contributed by atoms with Crippen molar-refractivity contribution < 1.29 is 9.84 Å². The van der Waals surface area contributed by atoms with Gasteiger partial charge in [-0.2, -0.15) is 0 Å². The number of para-hydroxylation sites is 1. The Bertz CT molecular complexity index is 532. The van der Waals surface area contributed by atoms with Crippen LogP contribution in [0.1, 0.15) is 29.7 Å². The van der Waals surface area contributed by atoms with E-state index in [2.05, 4.69) is 31.2 Å².